The van der Waals surface area contributed by atoms with Gasteiger partial charge in [0.05, 0.1) is 0 Å². The van der Waals surface area contributed by atoms with Crippen molar-refractivity contribution in [1.29, 1.82) is 0 Å². The highest BCUT2D eigenvalue weighted by Gasteiger charge is 2.06. The highest BCUT2D eigenvalue weighted by molar-refractivity contribution is 5.05. The molecule has 2 N–H and O–H groups in total. The van der Waals surface area contributed by atoms with Crippen LogP contribution in [0.1, 0.15) is 17.8 Å². The molecule has 108 valence electrons. The van der Waals surface area contributed by atoms with Crippen LogP contribution in [0.3, 0.4) is 0 Å². The SMILES string of the molecule is Cn1cc(CNCCCc2ncn[nH]2)c(=O)n(C)c1=O. The molecule has 0 aromatic carbocycles. The fourth-order valence-corrected chi connectivity index (χ4v) is 1.96. The van der Waals surface area contributed by atoms with Gasteiger partial charge in [-0.25, -0.2) is 9.78 Å². The number of H-pyrrole nitrogens is 1. The van der Waals surface area contributed by atoms with E-state index < -0.39 is 0 Å². The van der Waals surface area contributed by atoms with E-state index in [0.29, 0.717) is 12.1 Å². The van der Waals surface area contributed by atoms with Gasteiger partial charge in [-0.2, -0.15) is 5.10 Å². The third-order valence-corrected chi connectivity index (χ3v) is 3.06. The second-order valence-corrected chi connectivity index (χ2v) is 4.62. The van der Waals surface area contributed by atoms with Crippen molar-refractivity contribution in [2.24, 2.45) is 14.1 Å². The van der Waals surface area contributed by atoms with Crippen molar-refractivity contribution in [1.82, 2.24) is 29.6 Å². The zero-order valence-electron chi connectivity index (χ0n) is 11.6. The lowest BCUT2D eigenvalue weighted by molar-refractivity contribution is 0.610. The molecule has 0 aliphatic carbocycles. The second-order valence-electron chi connectivity index (χ2n) is 4.62. The Kier molecular flexibility index (Phi) is 4.46. The van der Waals surface area contributed by atoms with Crippen molar-refractivity contribution in [3.05, 3.63) is 44.8 Å². The number of nitrogens with zero attached hydrogens (tertiary/aromatic N) is 4. The molecule has 0 amide bonds. The number of aryl methyl sites for hydroxylation is 2. The summed E-state index contributed by atoms with van der Waals surface area (Å²) < 4.78 is 2.53. The number of hydrogen-bond acceptors (Lipinski definition) is 5. The zero-order chi connectivity index (χ0) is 14.5. The van der Waals surface area contributed by atoms with E-state index in [1.807, 2.05) is 0 Å². The average molecular weight is 278 g/mol. The first-order valence-electron chi connectivity index (χ1n) is 6.40. The maximum Gasteiger partial charge on any atom is 0.330 e. The quantitative estimate of drug-likeness (QED) is 0.655. The third kappa shape index (κ3) is 3.21. The molecule has 8 heteroatoms. The minimum absolute atomic E-state index is 0.254. The normalized spacial score (nSPS) is 10.9. The molecule has 0 aliphatic heterocycles. The van der Waals surface area contributed by atoms with E-state index >= 15 is 0 Å². The predicted octanol–water partition coefficient (Wildman–Crippen LogP) is -1.08. The van der Waals surface area contributed by atoms with Gasteiger partial charge in [0.1, 0.15) is 12.2 Å². The molecule has 2 heterocycles. The van der Waals surface area contributed by atoms with E-state index in [1.165, 1.54) is 17.9 Å². The molecule has 2 rings (SSSR count). The van der Waals surface area contributed by atoms with Gasteiger partial charge in [0.2, 0.25) is 0 Å². The van der Waals surface area contributed by atoms with Gasteiger partial charge in [-0.05, 0) is 13.0 Å². The second kappa shape index (κ2) is 6.29. The minimum Gasteiger partial charge on any atom is -0.312 e. The van der Waals surface area contributed by atoms with Crippen molar-refractivity contribution in [2.45, 2.75) is 19.4 Å². The summed E-state index contributed by atoms with van der Waals surface area (Å²) in [6.45, 7) is 1.20. The molecular weight excluding hydrogens is 260 g/mol. The Labute approximate surface area is 115 Å². The van der Waals surface area contributed by atoms with Crippen molar-refractivity contribution >= 4 is 0 Å². The van der Waals surface area contributed by atoms with Gasteiger partial charge in [0, 0.05) is 38.8 Å². The summed E-state index contributed by atoms with van der Waals surface area (Å²) >= 11 is 0. The number of aromatic amines is 1. The van der Waals surface area contributed by atoms with Crippen LogP contribution in [0, 0.1) is 0 Å². The van der Waals surface area contributed by atoms with Crippen LogP contribution >= 0.6 is 0 Å². The Balaban J connectivity index is 1.85. The molecule has 2 aromatic rings. The van der Waals surface area contributed by atoms with Gasteiger partial charge in [0.15, 0.2) is 0 Å². The van der Waals surface area contributed by atoms with Crippen molar-refractivity contribution in [3.63, 3.8) is 0 Å². The standard InChI is InChI=1S/C12H18N6O2/c1-17-7-9(11(19)18(2)12(17)20)6-13-5-3-4-10-14-8-15-16-10/h7-8,13H,3-6H2,1-2H3,(H,14,15,16). The fraction of sp³-hybridized carbons (Fsp3) is 0.500. The van der Waals surface area contributed by atoms with E-state index in [4.69, 9.17) is 0 Å². The van der Waals surface area contributed by atoms with Crippen molar-refractivity contribution in [3.8, 4) is 0 Å². The smallest absolute Gasteiger partial charge is 0.312 e. The first-order valence-corrected chi connectivity index (χ1v) is 6.40. The summed E-state index contributed by atoms with van der Waals surface area (Å²) in [5.74, 6) is 0.852. The predicted molar refractivity (Wildman–Crippen MR) is 73.3 cm³/mol. The third-order valence-electron chi connectivity index (χ3n) is 3.06. The van der Waals surface area contributed by atoms with Crippen LogP contribution in [0.15, 0.2) is 22.1 Å². The molecule has 20 heavy (non-hydrogen) atoms. The molecule has 0 aliphatic rings. The van der Waals surface area contributed by atoms with Crippen LogP contribution in [0.2, 0.25) is 0 Å². The Morgan fingerprint density at radius 1 is 1.35 bits per heavy atom. The van der Waals surface area contributed by atoms with Gasteiger partial charge in [-0.15, -0.1) is 0 Å². The van der Waals surface area contributed by atoms with Crippen LogP contribution in [0.5, 0.6) is 0 Å². The highest BCUT2D eigenvalue weighted by atomic mass is 16.2. The lowest BCUT2D eigenvalue weighted by atomic mass is 10.3. The summed E-state index contributed by atoms with van der Waals surface area (Å²) in [6, 6.07) is 0. The lowest BCUT2D eigenvalue weighted by Crippen LogP contribution is -2.39. The van der Waals surface area contributed by atoms with Crippen LogP contribution in [-0.2, 0) is 27.1 Å². The van der Waals surface area contributed by atoms with Crippen LogP contribution in [-0.4, -0.2) is 30.9 Å². The summed E-state index contributed by atoms with van der Waals surface area (Å²) in [5.41, 5.74) is 0.00849. The molecule has 0 fully saturated rings. The number of rotatable bonds is 6. The maximum atomic E-state index is 11.9. The average Bonchev–Trinajstić information content (AvgIpc) is 2.94. The van der Waals surface area contributed by atoms with Gasteiger partial charge in [-0.1, -0.05) is 0 Å². The summed E-state index contributed by atoms with van der Waals surface area (Å²) in [5, 5.41) is 9.76. The number of hydrogen-bond donors (Lipinski definition) is 2. The fourth-order valence-electron chi connectivity index (χ4n) is 1.96. The molecule has 0 saturated heterocycles. The van der Waals surface area contributed by atoms with Gasteiger partial charge >= 0.3 is 5.69 Å². The molecule has 2 aromatic heterocycles. The first-order chi connectivity index (χ1) is 9.59. The molecule has 0 saturated carbocycles. The lowest BCUT2D eigenvalue weighted by Gasteiger charge is -2.07. The maximum absolute atomic E-state index is 11.9. The number of aromatic nitrogens is 5. The molecule has 0 radical (unpaired) electrons. The van der Waals surface area contributed by atoms with Gasteiger partial charge in [0.25, 0.3) is 5.56 Å². The highest BCUT2D eigenvalue weighted by Crippen LogP contribution is 1.93. The minimum atomic E-state index is -0.316. The molecule has 0 atom stereocenters. The summed E-state index contributed by atoms with van der Waals surface area (Å²) in [4.78, 5) is 27.5. The topological polar surface area (TPSA) is 97.6 Å². The Morgan fingerprint density at radius 2 is 2.15 bits per heavy atom. The Morgan fingerprint density at radius 3 is 2.85 bits per heavy atom. The number of nitrogens with one attached hydrogen (secondary N) is 2. The van der Waals surface area contributed by atoms with E-state index in [9.17, 15) is 9.59 Å². The molecular formula is C12H18N6O2. The monoisotopic (exact) mass is 278 g/mol. The summed E-state index contributed by atoms with van der Waals surface area (Å²) in [7, 11) is 3.12. The Bertz CT molecular complexity index is 670. The molecule has 0 spiro atoms. The first kappa shape index (κ1) is 14.2. The van der Waals surface area contributed by atoms with Crippen molar-refractivity contribution < 1.29 is 0 Å². The van der Waals surface area contributed by atoms with E-state index in [0.717, 1.165) is 29.8 Å². The van der Waals surface area contributed by atoms with Crippen LogP contribution in [0.25, 0.3) is 0 Å². The molecule has 0 unspecified atom stereocenters. The van der Waals surface area contributed by atoms with Crippen molar-refractivity contribution in [2.75, 3.05) is 6.54 Å². The van der Waals surface area contributed by atoms with Gasteiger partial charge < -0.3 is 9.88 Å². The molecule has 8 nitrogen and oxygen atoms in total. The largest absolute Gasteiger partial charge is 0.330 e. The van der Waals surface area contributed by atoms with E-state index in [1.54, 1.807) is 13.2 Å². The van der Waals surface area contributed by atoms with Crippen LogP contribution in [0.4, 0.5) is 0 Å². The summed E-state index contributed by atoms with van der Waals surface area (Å²) in [6.07, 6.45) is 4.75. The van der Waals surface area contributed by atoms with E-state index in [-0.39, 0.29) is 11.2 Å². The molecule has 0 bridgehead atoms. The van der Waals surface area contributed by atoms with Crippen LogP contribution < -0.4 is 16.6 Å². The van der Waals surface area contributed by atoms with Gasteiger partial charge in [-0.3, -0.25) is 14.5 Å². The zero-order valence-corrected chi connectivity index (χ0v) is 11.6. The van der Waals surface area contributed by atoms with E-state index in [2.05, 4.69) is 20.5 Å². The Hall–Kier alpha value is -2.22.